The predicted molar refractivity (Wildman–Crippen MR) is 139 cm³/mol. The smallest absolute Gasteiger partial charge is 0.291 e. The number of hydrogen-bond acceptors (Lipinski definition) is 6. The fourth-order valence-electron chi connectivity index (χ4n) is 3.80. The molecule has 5 aromatic rings. The van der Waals surface area contributed by atoms with Crippen molar-refractivity contribution in [2.45, 2.75) is 13.5 Å². The number of nitro groups is 1. The molecule has 1 N–H and O–H groups in total. The van der Waals surface area contributed by atoms with Crippen LogP contribution in [0.3, 0.4) is 0 Å². The van der Waals surface area contributed by atoms with Crippen molar-refractivity contribution in [1.82, 2.24) is 0 Å². The van der Waals surface area contributed by atoms with Crippen molar-refractivity contribution in [3.05, 3.63) is 124 Å². The lowest BCUT2D eigenvalue weighted by Gasteiger charge is -2.10. The van der Waals surface area contributed by atoms with E-state index < -0.39 is 10.8 Å². The van der Waals surface area contributed by atoms with Gasteiger partial charge in [-0.05, 0) is 53.6 Å². The van der Waals surface area contributed by atoms with Crippen LogP contribution in [0.5, 0.6) is 17.2 Å². The van der Waals surface area contributed by atoms with Crippen LogP contribution in [0.15, 0.2) is 101 Å². The summed E-state index contributed by atoms with van der Waals surface area (Å²) in [4.78, 5) is 23.7. The second kappa shape index (κ2) is 10.2. The van der Waals surface area contributed by atoms with E-state index in [9.17, 15) is 14.9 Å². The average molecular weight is 495 g/mol. The van der Waals surface area contributed by atoms with E-state index in [1.165, 1.54) is 24.3 Å². The maximum atomic E-state index is 12.8. The molecule has 0 aliphatic rings. The van der Waals surface area contributed by atoms with Crippen molar-refractivity contribution in [2.75, 3.05) is 5.32 Å². The molecule has 4 aromatic carbocycles. The molecule has 0 saturated heterocycles. The van der Waals surface area contributed by atoms with Gasteiger partial charge in [0.15, 0.2) is 5.76 Å². The SMILES string of the molecule is Cc1ccccc1Oc1cc(NC(=O)c2ccc(COc3ccc4ccccc4c3)o2)cc([N+](=O)[O-])c1. The number of nitro benzene ring substituents is 1. The number of carbonyl (C=O) groups is 1. The maximum Gasteiger partial charge on any atom is 0.291 e. The Morgan fingerprint density at radius 3 is 2.49 bits per heavy atom. The molecule has 0 aliphatic carbocycles. The van der Waals surface area contributed by atoms with Crippen molar-refractivity contribution >= 4 is 28.1 Å². The second-order valence-corrected chi connectivity index (χ2v) is 8.36. The Morgan fingerprint density at radius 1 is 0.892 bits per heavy atom. The summed E-state index contributed by atoms with van der Waals surface area (Å²) in [5.41, 5.74) is 0.854. The summed E-state index contributed by atoms with van der Waals surface area (Å²) in [5.74, 6) is 1.41. The zero-order valence-corrected chi connectivity index (χ0v) is 19.8. The second-order valence-electron chi connectivity index (χ2n) is 8.36. The monoisotopic (exact) mass is 494 g/mol. The normalized spacial score (nSPS) is 10.7. The largest absolute Gasteiger partial charge is 0.486 e. The van der Waals surface area contributed by atoms with Crippen LogP contribution in [0.4, 0.5) is 11.4 Å². The molecular weight excluding hydrogens is 472 g/mol. The van der Waals surface area contributed by atoms with Gasteiger partial charge in [0, 0.05) is 12.1 Å². The van der Waals surface area contributed by atoms with Gasteiger partial charge in [0.25, 0.3) is 11.6 Å². The highest BCUT2D eigenvalue weighted by Gasteiger charge is 2.17. The number of benzene rings is 4. The Kier molecular flexibility index (Phi) is 6.54. The number of anilines is 1. The third kappa shape index (κ3) is 5.59. The average Bonchev–Trinajstić information content (AvgIpc) is 3.38. The molecular formula is C29H22N2O6. The van der Waals surface area contributed by atoms with Gasteiger partial charge in [-0.2, -0.15) is 0 Å². The van der Waals surface area contributed by atoms with E-state index in [-0.39, 0.29) is 29.5 Å². The minimum atomic E-state index is -0.556. The number of aryl methyl sites for hydroxylation is 1. The number of non-ortho nitro benzene ring substituents is 1. The number of hydrogen-bond donors (Lipinski definition) is 1. The van der Waals surface area contributed by atoms with Gasteiger partial charge in [0.2, 0.25) is 0 Å². The van der Waals surface area contributed by atoms with Crippen molar-refractivity contribution < 1.29 is 23.6 Å². The van der Waals surface area contributed by atoms with E-state index in [1.54, 1.807) is 18.2 Å². The van der Waals surface area contributed by atoms with Crippen molar-refractivity contribution in [2.24, 2.45) is 0 Å². The summed E-state index contributed by atoms with van der Waals surface area (Å²) in [5, 5.41) is 16.3. The molecule has 1 amide bonds. The van der Waals surface area contributed by atoms with Gasteiger partial charge in [0.05, 0.1) is 16.7 Å². The highest BCUT2D eigenvalue weighted by atomic mass is 16.6. The lowest BCUT2D eigenvalue weighted by atomic mass is 10.1. The summed E-state index contributed by atoms with van der Waals surface area (Å²) < 4.78 is 17.3. The van der Waals surface area contributed by atoms with Crippen LogP contribution in [-0.2, 0) is 6.61 Å². The van der Waals surface area contributed by atoms with Gasteiger partial charge >= 0.3 is 0 Å². The summed E-state index contributed by atoms with van der Waals surface area (Å²) in [6, 6.07) is 28.3. The van der Waals surface area contributed by atoms with Crippen molar-refractivity contribution in [3.63, 3.8) is 0 Å². The fraction of sp³-hybridized carbons (Fsp3) is 0.0690. The zero-order valence-electron chi connectivity index (χ0n) is 19.8. The molecule has 0 spiro atoms. The van der Waals surface area contributed by atoms with Gasteiger partial charge in [0.1, 0.15) is 29.6 Å². The Balaban J connectivity index is 1.28. The van der Waals surface area contributed by atoms with Crippen LogP contribution >= 0.6 is 0 Å². The van der Waals surface area contributed by atoms with E-state index in [2.05, 4.69) is 5.32 Å². The third-order valence-electron chi connectivity index (χ3n) is 5.67. The van der Waals surface area contributed by atoms with E-state index in [1.807, 2.05) is 61.5 Å². The molecule has 1 aromatic heterocycles. The Morgan fingerprint density at radius 2 is 1.68 bits per heavy atom. The van der Waals surface area contributed by atoms with Gasteiger partial charge in [-0.25, -0.2) is 0 Å². The van der Waals surface area contributed by atoms with Crippen molar-refractivity contribution in [3.8, 4) is 17.2 Å². The summed E-state index contributed by atoms with van der Waals surface area (Å²) >= 11 is 0. The minimum Gasteiger partial charge on any atom is -0.486 e. The van der Waals surface area contributed by atoms with E-state index in [4.69, 9.17) is 13.9 Å². The first kappa shape index (κ1) is 23.6. The highest BCUT2D eigenvalue weighted by Crippen LogP contribution is 2.31. The number of para-hydroxylation sites is 1. The first-order valence-corrected chi connectivity index (χ1v) is 11.5. The predicted octanol–water partition coefficient (Wildman–Crippen LogP) is 7.27. The Labute approximate surface area is 212 Å². The van der Waals surface area contributed by atoms with Gasteiger partial charge in [-0.3, -0.25) is 14.9 Å². The quantitative estimate of drug-likeness (QED) is 0.180. The standard InChI is InChI=1S/C29H22N2O6/c1-19-6-2-5-9-27(19)37-26-16-22(15-23(17-26)31(33)34)30-29(32)28-13-12-25(36-28)18-35-24-11-10-20-7-3-4-8-21(20)14-24/h2-17H,18H2,1H3,(H,30,32). The van der Waals surface area contributed by atoms with Crippen molar-refractivity contribution in [1.29, 1.82) is 0 Å². The number of nitrogens with one attached hydrogen (secondary N) is 1. The lowest BCUT2D eigenvalue weighted by molar-refractivity contribution is -0.384. The topological polar surface area (TPSA) is 104 Å². The van der Waals surface area contributed by atoms with Crippen LogP contribution in [0.1, 0.15) is 21.9 Å². The molecule has 0 atom stereocenters. The number of carbonyl (C=O) groups excluding carboxylic acids is 1. The third-order valence-corrected chi connectivity index (χ3v) is 5.67. The molecule has 1 heterocycles. The molecule has 0 unspecified atom stereocenters. The molecule has 0 saturated carbocycles. The molecule has 37 heavy (non-hydrogen) atoms. The van der Waals surface area contributed by atoms with Gasteiger partial charge in [-0.15, -0.1) is 0 Å². The number of nitrogens with zero attached hydrogens (tertiary/aromatic N) is 1. The molecule has 0 radical (unpaired) electrons. The van der Waals surface area contributed by atoms with Crippen LogP contribution in [0.2, 0.25) is 0 Å². The molecule has 8 heteroatoms. The summed E-state index contributed by atoms with van der Waals surface area (Å²) in [6.07, 6.45) is 0. The highest BCUT2D eigenvalue weighted by molar-refractivity contribution is 6.02. The first-order chi connectivity index (χ1) is 17.9. The number of ether oxygens (including phenoxy) is 2. The summed E-state index contributed by atoms with van der Waals surface area (Å²) in [7, 11) is 0. The number of furan rings is 1. The van der Waals surface area contributed by atoms with Gasteiger partial charge < -0.3 is 19.2 Å². The number of amides is 1. The zero-order chi connectivity index (χ0) is 25.8. The lowest BCUT2D eigenvalue weighted by Crippen LogP contribution is -2.11. The minimum absolute atomic E-state index is 0.0463. The Bertz CT molecular complexity index is 1610. The first-order valence-electron chi connectivity index (χ1n) is 11.5. The molecule has 0 bridgehead atoms. The molecule has 0 aliphatic heterocycles. The van der Waals surface area contributed by atoms with Crippen LogP contribution in [-0.4, -0.2) is 10.8 Å². The number of rotatable bonds is 8. The molecule has 184 valence electrons. The van der Waals surface area contributed by atoms with Gasteiger partial charge in [-0.1, -0.05) is 48.5 Å². The maximum absolute atomic E-state index is 12.8. The molecule has 8 nitrogen and oxygen atoms in total. The molecule has 0 fully saturated rings. The fourth-order valence-corrected chi connectivity index (χ4v) is 3.80. The van der Waals surface area contributed by atoms with E-state index >= 15 is 0 Å². The van der Waals surface area contributed by atoms with E-state index in [0.29, 0.717) is 17.3 Å². The summed E-state index contributed by atoms with van der Waals surface area (Å²) in [6.45, 7) is 2.00. The van der Waals surface area contributed by atoms with Crippen LogP contribution in [0, 0.1) is 17.0 Å². The van der Waals surface area contributed by atoms with Crippen LogP contribution < -0.4 is 14.8 Å². The Hall–Kier alpha value is -5.11. The molecule has 5 rings (SSSR count). The van der Waals surface area contributed by atoms with E-state index in [0.717, 1.165) is 16.3 Å². The number of fused-ring (bicyclic) bond motifs is 1. The van der Waals surface area contributed by atoms with Crippen LogP contribution in [0.25, 0.3) is 10.8 Å².